The van der Waals surface area contributed by atoms with Crippen molar-refractivity contribution < 1.29 is 4.42 Å². The number of hydrogen-bond acceptors (Lipinski definition) is 2. The lowest BCUT2D eigenvalue weighted by molar-refractivity contribution is 0.669. The molecule has 0 bridgehead atoms. The first kappa shape index (κ1) is 39.9. The molecule has 0 saturated carbocycles. The zero-order chi connectivity index (χ0) is 46.2. The van der Waals surface area contributed by atoms with Crippen LogP contribution in [0.1, 0.15) is 22.3 Å². The Kier molecular flexibility index (Phi) is 9.11. The van der Waals surface area contributed by atoms with Crippen LogP contribution in [0.15, 0.2) is 271 Å². The first-order valence-electron chi connectivity index (χ1n) is 24.1. The third-order valence-electron chi connectivity index (χ3n) is 14.6. The maximum Gasteiger partial charge on any atom is 0.138 e. The summed E-state index contributed by atoms with van der Waals surface area (Å²) in [6.45, 7) is 0. The lowest BCUT2D eigenvalue weighted by Crippen LogP contribution is -2.28. The number of benzene rings is 11. The predicted molar refractivity (Wildman–Crippen MR) is 291 cm³/mol. The molecule has 13 aromatic rings. The average Bonchev–Trinajstić information content (AvgIpc) is 4.09. The Morgan fingerprint density at radius 1 is 0.357 bits per heavy atom. The number of aromatic nitrogens is 1. The third-order valence-corrected chi connectivity index (χ3v) is 14.6. The van der Waals surface area contributed by atoms with Crippen LogP contribution >= 0.6 is 0 Å². The molecule has 0 amide bonds. The van der Waals surface area contributed by atoms with Gasteiger partial charge in [0.05, 0.1) is 22.1 Å². The second-order valence-electron chi connectivity index (χ2n) is 18.3. The van der Waals surface area contributed by atoms with E-state index >= 15 is 0 Å². The zero-order valence-electron chi connectivity index (χ0n) is 38.2. The van der Waals surface area contributed by atoms with E-state index in [9.17, 15) is 0 Å². The number of rotatable bonds is 8. The Balaban J connectivity index is 1.08. The quantitative estimate of drug-likeness (QED) is 0.152. The molecule has 0 N–H and O–H groups in total. The van der Waals surface area contributed by atoms with Gasteiger partial charge < -0.3 is 13.9 Å². The van der Waals surface area contributed by atoms with Crippen LogP contribution in [-0.2, 0) is 5.41 Å². The van der Waals surface area contributed by atoms with Crippen molar-refractivity contribution >= 4 is 60.8 Å². The van der Waals surface area contributed by atoms with E-state index in [0.29, 0.717) is 0 Å². The summed E-state index contributed by atoms with van der Waals surface area (Å²) in [5.74, 6) is 0. The van der Waals surface area contributed by atoms with Gasteiger partial charge in [-0.1, -0.05) is 206 Å². The summed E-state index contributed by atoms with van der Waals surface area (Å²) in [5, 5.41) is 4.56. The van der Waals surface area contributed by atoms with Crippen LogP contribution < -0.4 is 4.90 Å². The second kappa shape index (κ2) is 16.0. The van der Waals surface area contributed by atoms with Crippen LogP contribution in [0.3, 0.4) is 0 Å². The largest absolute Gasteiger partial charge is 0.456 e. The number of hydrogen-bond donors (Lipinski definition) is 0. The monoisotopic (exact) mass is 892 g/mol. The second-order valence-corrected chi connectivity index (χ2v) is 18.3. The van der Waals surface area contributed by atoms with Gasteiger partial charge in [-0.2, -0.15) is 0 Å². The van der Waals surface area contributed by atoms with E-state index in [2.05, 4.69) is 276 Å². The van der Waals surface area contributed by atoms with Crippen molar-refractivity contribution in [3.63, 3.8) is 0 Å². The Bertz CT molecular complexity index is 4040. The van der Waals surface area contributed by atoms with E-state index in [4.69, 9.17) is 4.42 Å². The van der Waals surface area contributed by atoms with Crippen molar-refractivity contribution in [1.82, 2.24) is 4.57 Å². The highest BCUT2D eigenvalue weighted by atomic mass is 16.3. The highest BCUT2D eigenvalue weighted by Crippen LogP contribution is 2.60. The Hall–Kier alpha value is -9.18. The highest BCUT2D eigenvalue weighted by Gasteiger charge is 2.47. The topological polar surface area (TPSA) is 21.3 Å². The molecule has 0 aliphatic heterocycles. The van der Waals surface area contributed by atoms with Crippen LogP contribution in [0, 0.1) is 0 Å². The Labute approximate surface area is 406 Å². The number of nitrogens with zero attached hydrogens (tertiary/aromatic N) is 2. The average molecular weight is 893 g/mol. The highest BCUT2D eigenvalue weighted by molar-refractivity contribution is 6.27. The van der Waals surface area contributed by atoms with E-state index in [-0.39, 0.29) is 0 Å². The number of furan rings is 1. The molecule has 11 aromatic carbocycles. The number of anilines is 3. The van der Waals surface area contributed by atoms with Crippen molar-refractivity contribution in [3.8, 4) is 39.1 Å². The summed E-state index contributed by atoms with van der Waals surface area (Å²) in [6, 6.07) is 97.2. The lowest BCUT2D eigenvalue weighted by atomic mass is 9.68. The number of para-hydroxylation sites is 2. The van der Waals surface area contributed by atoms with Crippen LogP contribution in [0.25, 0.3) is 82.8 Å². The molecule has 0 atom stereocenters. The molecule has 0 unspecified atom stereocenters. The Morgan fingerprint density at radius 2 is 0.943 bits per heavy atom. The van der Waals surface area contributed by atoms with Crippen molar-refractivity contribution in [2.75, 3.05) is 4.90 Å². The summed E-state index contributed by atoms with van der Waals surface area (Å²) >= 11 is 0. The van der Waals surface area contributed by atoms with Gasteiger partial charge in [-0.15, -0.1) is 0 Å². The fourth-order valence-electron chi connectivity index (χ4n) is 11.8. The molecular weight excluding hydrogens is 849 g/mol. The number of fused-ring (bicyclic) bond motifs is 9. The van der Waals surface area contributed by atoms with Crippen molar-refractivity contribution in [2.24, 2.45) is 0 Å². The SMILES string of the molecule is c1ccc(-c2ccc(-n3c4ccc(N(c5ccccc5)c5cccc6c5-c5ccccc5C6(c5ccccc5)c5ccccc5)cc4c4c(-c5ccccc5)c5c(cc43)oc3ccccc35)cc2)cc1. The molecule has 70 heavy (non-hydrogen) atoms. The van der Waals surface area contributed by atoms with Gasteiger partial charge in [0.25, 0.3) is 0 Å². The maximum absolute atomic E-state index is 6.79. The summed E-state index contributed by atoms with van der Waals surface area (Å²) in [6.07, 6.45) is 0. The van der Waals surface area contributed by atoms with E-state index in [0.717, 1.165) is 72.2 Å². The Morgan fingerprint density at radius 3 is 1.66 bits per heavy atom. The normalized spacial score (nSPS) is 12.7. The summed E-state index contributed by atoms with van der Waals surface area (Å²) < 4.78 is 9.22. The van der Waals surface area contributed by atoms with Gasteiger partial charge in [0.2, 0.25) is 0 Å². The first-order valence-corrected chi connectivity index (χ1v) is 24.1. The van der Waals surface area contributed by atoms with E-state index in [1.165, 1.54) is 49.9 Å². The van der Waals surface area contributed by atoms with Crippen LogP contribution in [0.4, 0.5) is 17.1 Å². The molecule has 1 aliphatic carbocycles. The molecule has 0 saturated heterocycles. The maximum atomic E-state index is 6.79. The lowest BCUT2D eigenvalue weighted by Gasteiger charge is -2.34. The molecule has 3 heteroatoms. The minimum atomic E-state index is -0.538. The van der Waals surface area contributed by atoms with Crippen LogP contribution in [-0.4, -0.2) is 4.57 Å². The molecule has 0 radical (unpaired) electrons. The van der Waals surface area contributed by atoms with Gasteiger partial charge >= 0.3 is 0 Å². The van der Waals surface area contributed by atoms with Gasteiger partial charge in [-0.3, -0.25) is 0 Å². The molecule has 328 valence electrons. The smallest absolute Gasteiger partial charge is 0.138 e. The molecule has 0 fully saturated rings. The molecular formula is C67H44N2O. The van der Waals surface area contributed by atoms with Crippen molar-refractivity contribution in [3.05, 3.63) is 289 Å². The van der Waals surface area contributed by atoms with Gasteiger partial charge in [0, 0.05) is 55.8 Å². The van der Waals surface area contributed by atoms with Gasteiger partial charge in [0.1, 0.15) is 11.2 Å². The fourth-order valence-corrected chi connectivity index (χ4v) is 11.8. The van der Waals surface area contributed by atoms with Gasteiger partial charge in [0.15, 0.2) is 0 Å². The first-order chi connectivity index (χ1) is 34.8. The van der Waals surface area contributed by atoms with E-state index < -0.39 is 5.41 Å². The molecule has 2 aromatic heterocycles. The molecule has 1 aliphatic rings. The molecule has 14 rings (SSSR count). The van der Waals surface area contributed by atoms with Crippen molar-refractivity contribution in [1.29, 1.82) is 0 Å². The molecule has 2 heterocycles. The minimum absolute atomic E-state index is 0.538. The molecule has 0 spiro atoms. The van der Waals surface area contributed by atoms with Crippen LogP contribution in [0.2, 0.25) is 0 Å². The summed E-state index contributed by atoms with van der Waals surface area (Å²) in [7, 11) is 0. The fraction of sp³-hybridized carbons (Fsp3) is 0.0149. The molecule has 3 nitrogen and oxygen atoms in total. The van der Waals surface area contributed by atoms with Gasteiger partial charge in [-0.25, -0.2) is 0 Å². The predicted octanol–water partition coefficient (Wildman–Crippen LogP) is 17.8. The zero-order valence-corrected chi connectivity index (χ0v) is 38.2. The minimum Gasteiger partial charge on any atom is -0.456 e. The van der Waals surface area contributed by atoms with Crippen LogP contribution in [0.5, 0.6) is 0 Å². The van der Waals surface area contributed by atoms with E-state index in [1.54, 1.807) is 0 Å². The van der Waals surface area contributed by atoms with E-state index in [1.807, 2.05) is 0 Å². The summed E-state index contributed by atoms with van der Waals surface area (Å²) in [4.78, 5) is 2.48. The van der Waals surface area contributed by atoms with Gasteiger partial charge in [-0.05, 0) is 99.1 Å². The standard InChI is InChI=1S/C67H44N2O/c1-6-21-45(22-7-1)46-37-39-51(40-38-46)69-58-42-41-52(43-55(58)65-60(69)44-62-66(54-32-17-19-36-61(54)70-62)63(65)47-23-8-2-9-24-47)68(50-29-14-5-15-30-50)59-35-20-34-57-64(59)53-31-16-18-33-56(53)67(57,48-25-10-3-11-26-48)49-27-12-4-13-28-49/h1-44H. The third kappa shape index (κ3) is 5.95. The summed E-state index contributed by atoms with van der Waals surface area (Å²) in [5.41, 5.74) is 19.9. The van der Waals surface area contributed by atoms with Crippen molar-refractivity contribution in [2.45, 2.75) is 5.41 Å².